The predicted octanol–water partition coefficient (Wildman–Crippen LogP) is 1.86. The first-order valence-corrected chi connectivity index (χ1v) is 6.06. The molecular weight excluding hydrogens is 228 g/mol. The number of carbonyl (C=O) groups is 1. The number of nitrogens with one attached hydrogen (secondary N) is 1. The molecule has 0 radical (unpaired) electrons. The molecule has 1 aromatic rings. The van der Waals surface area contributed by atoms with Gasteiger partial charge in [-0.15, -0.1) is 0 Å². The molecule has 1 unspecified atom stereocenters. The van der Waals surface area contributed by atoms with Gasteiger partial charge in [-0.25, -0.2) is 0 Å². The third-order valence-electron chi connectivity index (χ3n) is 3.08. The zero-order chi connectivity index (χ0) is 13.8. The molecule has 0 aliphatic carbocycles. The Morgan fingerprint density at radius 1 is 1.44 bits per heavy atom. The second-order valence-electron chi connectivity index (χ2n) is 5.03. The number of hydrogen-bond donors (Lipinski definition) is 2. The molecule has 0 aliphatic rings. The molecule has 1 aromatic carbocycles. The monoisotopic (exact) mass is 250 g/mol. The average molecular weight is 250 g/mol. The maximum atomic E-state index is 12.0. The van der Waals surface area contributed by atoms with Crippen molar-refractivity contribution >= 4 is 5.91 Å². The number of carbonyl (C=O) groups excluding carboxylic acids is 1. The maximum absolute atomic E-state index is 12.0. The minimum Gasteiger partial charge on any atom is -0.496 e. The SMILES string of the molecule is COc1ccccc1C(C)NC(=O)C(C)(C)CN. The van der Waals surface area contributed by atoms with Crippen molar-refractivity contribution in [3.8, 4) is 5.75 Å². The number of nitrogens with two attached hydrogens (primary N) is 1. The number of hydrogen-bond acceptors (Lipinski definition) is 3. The average Bonchev–Trinajstić information content (AvgIpc) is 2.38. The summed E-state index contributed by atoms with van der Waals surface area (Å²) in [5.41, 5.74) is 5.99. The molecule has 1 amide bonds. The molecule has 0 bridgehead atoms. The molecule has 18 heavy (non-hydrogen) atoms. The fourth-order valence-corrected chi connectivity index (χ4v) is 1.59. The minimum atomic E-state index is -0.559. The molecule has 0 spiro atoms. The number of methoxy groups -OCH3 is 1. The Labute approximate surface area is 109 Å². The fraction of sp³-hybridized carbons (Fsp3) is 0.500. The number of amides is 1. The van der Waals surface area contributed by atoms with Gasteiger partial charge in [-0.1, -0.05) is 18.2 Å². The van der Waals surface area contributed by atoms with Gasteiger partial charge in [-0.3, -0.25) is 4.79 Å². The molecule has 0 aliphatic heterocycles. The summed E-state index contributed by atoms with van der Waals surface area (Å²) in [6.07, 6.45) is 0. The van der Waals surface area contributed by atoms with E-state index in [2.05, 4.69) is 5.32 Å². The van der Waals surface area contributed by atoms with Crippen molar-refractivity contribution in [3.05, 3.63) is 29.8 Å². The van der Waals surface area contributed by atoms with Crippen LogP contribution in [-0.2, 0) is 4.79 Å². The number of benzene rings is 1. The largest absolute Gasteiger partial charge is 0.496 e. The molecule has 100 valence electrons. The summed E-state index contributed by atoms with van der Waals surface area (Å²) in [5, 5.41) is 2.96. The Kier molecular flexibility index (Phi) is 4.73. The normalized spacial score (nSPS) is 12.9. The van der Waals surface area contributed by atoms with Gasteiger partial charge in [0.2, 0.25) is 5.91 Å². The van der Waals surface area contributed by atoms with Crippen molar-refractivity contribution < 1.29 is 9.53 Å². The van der Waals surface area contributed by atoms with E-state index >= 15 is 0 Å². The maximum Gasteiger partial charge on any atom is 0.227 e. The van der Waals surface area contributed by atoms with E-state index in [1.165, 1.54) is 0 Å². The first kappa shape index (κ1) is 14.5. The first-order valence-electron chi connectivity index (χ1n) is 6.06. The lowest BCUT2D eigenvalue weighted by Crippen LogP contribution is -2.42. The van der Waals surface area contributed by atoms with Crippen LogP contribution in [0.5, 0.6) is 5.75 Å². The molecule has 0 saturated heterocycles. The standard InChI is InChI=1S/C14H22N2O2/c1-10(16-13(17)14(2,3)9-15)11-7-5-6-8-12(11)18-4/h5-8,10H,9,15H2,1-4H3,(H,16,17). The quantitative estimate of drug-likeness (QED) is 0.838. The molecule has 3 N–H and O–H groups in total. The second-order valence-corrected chi connectivity index (χ2v) is 5.03. The lowest BCUT2D eigenvalue weighted by molar-refractivity contribution is -0.129. The van der Waals surface area contributed by atoms with Gasteiger partial charge in [-0.2, -0.15) is 0 Å². The smallest absolute Gasteiger partial charge is 0.227 e. The van der Waals surface area contributed by atoms with Crippen molar-refractivity contribution in [2.45, 2.75) is 26.8 Å². The van der Waals surface area contributed by atoms with Crippen molar-refractivity contribution in [2.24, 2.45) is 11.1 Å². The number of rotatable bonds is 5. The van der Waals surface area contributed by atoms with E-state index in [-0.39, 0.29) is 11.9 Å². The Hall–Kier alpha value is -1.55. The van der Waals surface area contributed by atoms with Gasteiger partial charge in [0, 0.05) is 12.1 Å². The summed E-state index contributed by atoms with van der Waals surface area (Å²) in [7, 11) is 1.62. The molecule has 1 atom stereocenters. The lowest BCUT2D eigenvalue weighted by Gasteiger charge is -2.25. The van der Waals surface area contributed by atoms with E-state index in [1.54, 1.807) is 7.11 Å². The first-order chi connectivity index (χ1) is 8.42. The van der Waals surface area contributed by atoms with Gasteiger partial charge in [-0.05, 0) is 26.8 Å². The zero-order valence-corrected chi connectivity index (χ0v) is 11.5. The van der Waals surface area contributed by atoms with E-state index in [1.807, 2.05) is 45.0 Å². The summed E-state index contributed by atoms with van der Waals surface area (Å²) in [6.45, 7) is 5.91. The highest BCUT2D eigenvalue weighted by Gasteiger charge is 2.27. The van der Waals surface area contributed by atoms with Crippen LogP contribution in [-0.4, -0.2) is 19.6 Å². The van der Waals surface area contributed by atoms with Crippen LogP contribution < -0.4 is 15.8 Å². The van der Waals surface area contributed by atoms with Gasteiger partial charge < -0.3 is 15.8 Å². The van der Waals surface area contributed by atoms with Gasteiger partial charge in [0.1, 0.15) is 5.75 Å². The molecule has 0 aromatic heterocycles. The molecule has 4 heteroatoms. The van der Waals surface area contributed by atoms with E-state index in [0.29, 0.717) is 6.54 Å². The van der Waals surface area contributed by atoms with Gasteiger partial charge in [0.05, 0.1) is 18.6 Å². The zero-order valence-electron chi connectivity index (χ0n) is 11.5. The summed E-state index contributed by atoms with van der Waals surface area (Å²) >= 11 is 0. The topological polar surface area (TPSA) is 64.3 Å². The Bertz CT molecular complexity index is 416. The van der Waals surface area contributed by atoms with E-state index in [9.17, 15) is 4.79 Å². The van der Waals surface area contributed by atoms with Crippen molar-refractivity contribution in [3.63, 3.8) is 0 Å². The van der Waals surface area contributed by atoms with Crippen LogP contribution >= 0.6 is 0 Å². The highest BCUT2D eigenvalue weighted by Crippen LogP contribution is 2.25. The van der Waals surface area contributed by atoms with Gasteiger partial charge >= 0.3 is 0 Å². The van der Waals surface area contributed by atoms with Crippen molar-refractivity contribution in [1.29, 1.82) is 0 Å². The molecule has 0 fully saturated rings. The summed E-state index contributed by atoms with van der Waals surface area (Å²) < 4.78 is 5.28. The van der Waals surface area contributed by atoms with Crippen LogP contribution in [0.2, 0.25) is 0 Å². The third kappa shape index (κ3) is 3.23. The Balaban J connectivity index is 2.83. The summed E-state index contributed by atoms with van der Waals surface area (Å²) in [6, 6.07) is 7.54. The van der Waals surface area contributed by atoms with Crippen LogP contribution in [0.1, 0.15) is 32.4 Å². The van der Waals surface area contributed by atoms with Crippen LogP contribution in [0.25, 0.3) is 0 Å². The van der Waals surface area contributed by atoms with E-state index in [4.69, 9.17) is 10.5 Å². The van der Waals surface area contributed by atoms with Gasteiger partial charge in [0.15, 0.2) is 0 Å². The number of ether oxygens (including phenoxy) is 1. The highest BCUT2D eigenvalue weighted by molar-refractivity contribution is 5.82. The van der Waals surface area contributed by atoms with Crippen molar-refractivity contribution in [2.75, 3.05) is 13.7 Å². The second kappa shape index (κ2) is 5.87. The molecule has 1 rings (SSSR count). The van der Waals surface area contributed by atoms with Gasteiger partial charge in [0.25, 0.3) is 0 Å². The van der Waals surface area contributed by atoms with Crippen LogP contribution in [0.15, 0.2) is 24.3 Å². The van der Waals surface area contributed by atoms with Crippen LogP contribution in [0.3, 0.4) is 0 Å². The molecule has 0 heterocycles. The van der Waals surface area contributed by atoms with Crippen molar-refractivity contribution in [1.82, 2.24) is 5.32 Å². The third-order valence-corrected chi connectivity index (χ3v) is 3.08. The summed E-state index contributed by atoms with van der Waals surface area (Å²) in [4.78, 5) is 12.0. The lowest BCUT2D eigenvalue weighted by atomic mass is 9.92. The van der Waals surface area contributed by atoms with E-state index < -0.39 is 5.41 Å². The van der Waals surface area contributed by atoms with Crippen LogP contribution in [0.4, 0.5) is 0 Å². The molecular formula is C14H22N2O2. The molecule has 0 saturated carbocycles. The highest BCUT2D eigenvalue weighted by atomic mass is 16.5. The predicted molar refractivity (Wildman–Crippen MR) is 72.4 cm³/mol. The number of para-hydroxylation sites is 1. The Morgan fingerprint density at radius 3 is 2.61 bits per heavy atom. The molecule has 4 nitrogen and oxygen atoms in total. The fourth-order valence-electron chi connectivity index (χ4n) is 1.59. The van der Waals surface area contributed by atoms with Crippen LogP contribution in [0, 0.1) is 5.41 Å². The van der Waals surface area contributed by atoms with E-state index in [0.717, 1.165) is 11.3 Å². The minimum absolute atomic E-state index is 0.0524. The summed E-state index contributed by atoms with van der Waals surface area (Å²) in [5.74, 6) is 0.722. The Morgan fingerprint density at radius 2 is 2.06 bits per heavy atom.